The summed E-state index contributed by atoms with van der Waals surface area (Å²) in [6, 6.07) is 0.124. The maximum Gasteiger partial charge on any atom is 0.434 e. The predicted molar refractivity (Wildman–Crippen MR) is 106 cm³/mol. The van der Waals surface area contributed by atoms with Crippen LogP contribution in [0.1, 0.15) is 30.5 Å². The summed E-state index contributed by atoms with van der Waals surface area (Å²) >= 11 is 0.999. The van der Waals surface area contributed by atoms with E-state index < -0.39 is 11.9 Å². The lowest BCUT2D eigenvalue weighted by Crippen LogP contribution is -2.45. The highest BCUT2D eigenvalue weighted by Gasteiger charge is 2.33. The molecule has 1 aromatic heterocycles. The van der Waals surface area contributed by atoms with Gasteiger partial charge in [-0.2, -0.15) is 13.2 Å². The molecule has 0 radical (unpaired) electrons. The van der Waals surface area contributed by atoms with Crippen LogP contribution in [0, 0.1) is 0 Å². The van der Waals surface area contributed by atoms with E-state index in [-0.39, 0.29) is 35.9 Å². The summed E-state index contributed by atoms with van der Waals surface area (Å²) < 4.78 is 37.6. The molecule has 2 rings (SSSR count). The number of nitrogens with zero attached hydrogens (tertiary/aromatic N) is 3. The maximum absolute atomic E-state index is 12.5. The first kappa shape index (κ1) is 22.9. The molecule has 1 amide bonds. The Morgan fingerprint density at radius 2 is 2.23 bits per heavy atom. The summed E-state index contributed by atoms with van der Waals surface area (Å²) in [4.78, 5) is 21.2. The average Bonchev–Trinajstić information content (AvgIpc) is 3.22. The Kier molecular flexibility index (Phi) is 9.07. The summed E-state index contributed by atoms with van der Waals surface area (Å²) in [5.41, 5.74) is -0.846. The van der Waals surface area contributed by atoms with Crippen molar-refractivity contribution in [2.75, 3.05) is 26.7 Å². The molecule has 0 saturated carbocycles. The van der Waals surface area contributed by atoms with Gasteiger partial charge < -0.3 is 15.5 Å². The Morgan fingerprint density at radius 1 is 1.50 bits per heavy atom. The van der Waals surface area contributed by atoms with Crippen molar-refractivity contribution in [1.29, 1.82) is 0 Å². The number of guanidine groups is 1. The van der Waals surface area contributed by atoms with Crippen LogP contribution in [0.4, 0.5) is 13.2 Å². The van der Waals surface area contributed by atoms with Crippen LogP contribution in [0.25, 0.3) is 0 Å². The van der Waals surface area contributed by atoms with Gasteiger partial charge in [-0.05, 0) is 6.42 Å². The third-order valence-electron chi connectivity index (χ3n) is 3.88. The Morgan fingerprint density at radius 3 is 2.81 bits per heavy atom. The fourth-order valence-electron chi connectivity index (χ4n) is 2.56. The molecule has 1 fully saturated rings. The van der Waals surface area contributed by atoms with Crippen molar-refractivity contribution < 1.29 is 18.0 Å². The SMILES string of the molecule is CCC(=O)N1CCC(NC(=NC)NCCc2nc(C(F)(F)F)cs2)C1.I. The van der Waals surface area contributed by atoms with Crippen LogP contribution in [0.5, 0.6) is 0 Å². The standard InChI is InChI=1S/C15H22F3N5OS.HI/c1-3-13(24)23-7-5-10(8-23)21-14(19-2)20-6-4-12-22-11(9-25-12)15(16,17)18;/h9-10H,3-8H2,1-2H3,(H2,19,20,21);1H. The molecule has 6 nitrogen and oxygen atoms in total. The van der Waals surface area contributed by atoms with E-state index >= 15 is 0 Å². The first-order valence-corrected chi connectivity index (χ1v) is 8.98. The van der Waals surface area contributed by atoms with Crippen molar-refractivity contribution in [2.45, 2.75) is 38.4 Å². The van der Waals surface area contributed by atoms with Gasteiger partial charge in [0.1, 0.15) is 0 Å². The number of carbonyl (C=O) groups excluding carboxylic acids is 1. The molecule has 0 spiro atoms. The van der Waals surface area contributed by atoms with Crippen LogP contribution < -0.4 is 10.6 Å². The third-order valence-corrected chi connectivity index (χ3v) is 4.79. The second kappa shape index (κ2) is 10.3. The van der Waals surface area contributed by atoms with Gasteiger partial charge in [0.25, 0.3) is 0 Å². The summed E-state index contributed by atoms with van der Waals surface area (Å²) in [6.07, 6.45) is -2.68. The molecule has 0 aliphatic carbocycles. The molecule has 2 heterocycles. The van der Waals surface area contributed by atoms with Crippen LogP contribution in [0.3, 0.4) is 0 Å². The van der Waals surface area contributed by atoms with Gasteiger partial charge in [-0.25, -0.2) is 4.98 Å². The van der Waals surface area contributed by atoms with Gasteiger partial charge in [0.15, 0.2) is 11.7 Å². The van der Waals surface area contributed by atoms with Gasteiger partial charge in [-0.15, -0.1) is 35.3 Å². The largest absolute Gasteiger partial charge is 0.434 e. The minimum absolute atomic E-state index is 0. The molecule has 26 heavy (non-hydrogen) atoms. The van der Waals surface area contributed by atoms with E-state index in [4.69, 9.17) is 0 Å². The molecule has 148 valence electrons. The smallest absolute Gasteiger partial charge is 0.356 e. The third kappa shape index (κ3) is 6.56. The van der Waals surface area contributed by atoms with Gasteiger partial charge in [-0.1, -0.05) is 6.92 Å². The number of halogens is 4. The molecular weight excluding hydrogens is 482 g/mol. The van der Waals surface area contributed by atoms with E-state index in [9.17, 15) is 18.0 Å². The highest BCUT2D eigenvalue weighted by molar-refractivity contribution is 14.0. The van der Waals surface area contributed by atoms with Crippen LogP contribution >= 0.6 is 35.3 Å². The predicted octanol–water partition coefficient (Wildman–Crippen LogP) is 2.50. The van der Waals surface area contributed by atoms with E-state index in [0.717, 1.165) is 29.7 Å². The summed E-state index contributed by atoms with van der Waals surface area (Å²) in [7, 11) is 1.63. The van der Waals surface area contributed by atoms with Crippen molar-refractivity contribution >= 4 is 47.2 Å². The zero-order valence-electron chi connectivity index (χ0n) is 14.6. The van der Waals surface area contributed by atoms with Gasteiger partial charge in [0.2, 0.25) is 5.91 Å². The average molecular weight is 505 g/mol. The number of rotatable bonds is 5. The molecule has 2 N–H and O–H groups in total. The normalized spacial score (nSPS) is 17.8. The van der Waals surface area contributed by atoms with Crippen LogP contribution in [0.2, 0.25) is 0 Å². The molecule has 1 aliphatic heterocycles. The first-order valence-electron chi connectivity index (χ1n) is 8.10. The zero-order valence-corrected chi connectivity index (χ0v) is 17.7. The van der Waals surface area contributed by atoms with Crippen LogP contribution in [-0.4, -0.2) is 54.5 Å². The second-order valence-corrected chi connectivity index (χ2v) is 6.64. The van der Waals surface area contributed by atoms with E-state index in [1.54, 1.807) is 7.05 Å². The fourth-order valence-corrected chi connectivity index (χ4v) is 3.36. The molecule has 1 atom stereocenters. The van der Waals surface area contributed by atoms with Crippen molar-refractivity contribution in [3.8, 4) is 0 Å². The molecule has 1 aromatic rings. The monoisotopic (exact) mass is 505 g/mol. The first-order chi connectivity index (χ1) is 11.8. The number of alkyl halides is 3. The number of carbonyl (C=O) groups is 1. The number of nitrogens with one attached hydrogen (secondary N) is 2. The quantitative estimate of drug-likeness (QED) is 0.367. The molecule has 0 bridgehead atoms. The zero-order chi connectivity index (χ0) is 18.4. The van der Waals surface area contributed by atoms with E-state index in [1.807, 2.05) is 11.8 Å². The number of hydrogen-bond acceptors (Lipinski definition) is 4. The highest BCUT2D eigenvalue weighted by atomic mass is 127. The Hall–Kier alpha value is -1.11. The summed E-state index contributed by atoms with van der Waals surface area (Å²) in [5, 5.41) is 7.76. The molecule has 0 aromatic carbocycles. The Labute approximate surface area is 171 Å². The summed E-state index contributed by atoms with van der Waals surface area (Å²) in [6.45, 7) is 3.62. The molecule has 1 saturated heterocycles. The number of aromatic nitrogens is 1. The second-order valence-electron chi connectivity index (χ2n) is 5.70. The lowest BCUT2D eigenvalue weighted by atomic mass is 10.3. The minimum Gasteiger partial charge on any atom is -0.356 e. The number of aliphatic imine (C=N–C) groups is 1. The van der Waals surface area contributed by atoms with Gasteiger partial charge in [0, 0.05) is 50.9 Å². The molecule has 1 unspecified atom stereocenters. The number of thiazole rings is 1. The van der Waals surface area contributed by atoms with Crippen molar-refractivity contribution in [3.05, 3.63) is 16.1 Å². The van der Waals surface area contributed by atoms with Crippen molar-refractivity contribution in [2.24, 2.45) is 4.99 Å². The lowest BCUT2D eigenvalue weighted by Gasteiger charge is -2.18. The summed E-state index contributed by atoms with van der Waals surface area (Å²) in [5.74, 6) is 0.708. The molecule has 11 heteroatoms. The van der Waals surface area contributed by atoms with Crippen LogP contribution in [0.15, 0.2) is 10.4 Å². The van der Waals surface area contributed by atoms with Gasteiger partial charge >= 0.3 is 6.18 Å². The van der Waals surface area contributed by atoms with Crippen molar-refractivity contribution in [1.82, 2.24) is 20.5 Å². The Balaban J connectivity index is 0.00000338. The van der Waals surface area contributed by atoms with Gasteiger partial charge in [0.05, 0.1) is 5.01 Å². The Bertz CT molecular complexity index is 623. The lowest BCUT2D eigenvalue weighted by molar-refractivity contribution is -0.140. The number of likely N-dealkylation sites (tertiary alicyclic amines) is 1. The number of hydrogen-bond donors (Lipinski definition) is 2. The van der Waals surface area contributed by atoms with E-state index in [0.29, 0.717) is 36.9 Å². The maximum atomic E-state index is 12.5. The van der Waals surface area contributed by atoms with Gasteiger partial charge in [-0.3, -0.25) is 9.79 Å². The molecule has 1 aliphatic rings. The number of amides is 1. The minimum atomic E-state index is -4.40. The van der Waals surface area contributed by atoms with E-state index in [1.165, 1.54) is 0 Å². The topological polar surface area (TPSA) is 69.6 Å². The van der Waals surface area contributed by atoms with E-state index in [2.05, 4.69) is 20.6 Å². The molecular formula is C15H23F3IN5OS. The fraction of sp³-hybridized carbons (Fsp3) is 0.667. The van der Waals surface area contributed by atoms with Crippen molar-refractivity contribution in [3.63, 3.8) is 0 Å². The van der Waals surface area contributed by atoms with Crippen LogP contribution in [-0.2, 0) is 17.4 Å². The highest BCUT2D eigenvalue weighted by Crippen LogP contribution is 2.29.